The van der Waals surface area contributed by atoms with Gasteiger partial charge in [0, 0.05) is 30.4 Å². The summed E-state index contributed by atoms with van der Waals surface area (Å²) in [4.78, 5) is 27.0. The van der Waals surface area contributed by atoms with Gasteiger partial charge in [-0.1, -0.05) is 32.0 Å². The Morgan fingerprint density at radius 3 is 2.08 bits per heavy atom. The number of sulfonamides is 1. The van der Waals surface area contributed by atoms with Gasteiger partial charge in [-0.05, 0) is 75.2 Å². The Bertz CT molecular complexity index is 1440. The molecule has 0 aliphatic heterocycles. The van der Waals surface area contributed by atoms with Gasteiger partial charge in [-0.25, -0.2) is 8.42 Å². The van der Waals surface area contributed by atoms with Gasteiger partial charge in [-0.2, -0.15) is 4.31 Å². The van der Waals surface area contributed by atoms with Gasteiger partial charge in [0.15, 0.2) is 5.75 Å². The number of esters is 1. The van der Waals surface area contributed by atoms with Gasteiger partial charge in [0.25, 0.3) is 5.91 Å². The average Bonchev–Trinajstić information content (AvgIpc) is 2.94. The molecule has 0 fully saturated rings. The number of hydrogen-bond donors (Lipinski definition) is 0. The van der Waals surface area contributed by atoms with Gasteiger partial charge in [0.2, 0.25) is 10.0 Å². The van der Waals surface area contributed by atoms with E-state index in [0.717, 1.165) is 0 Å². The van der Waals surface area contributed by atoms with Crippen molar-refractivity contribution in [3.63, 3.8) is 0 Å². The fourth-order valence-corrected chi connectivity index (χ4v) is 6.85. The van der Waals surface area contributed by atoms with Gasteiger partial charge in [0.1, 0.15) is 22.9 Å². The van der Waals surface area contributed by atoms with Crippen molar-refractivity contribution >= 4 is 59.4 Å². The summed E-state index contributed by atoms with van der Waals surface area (Å²) in [5.74, 6) is -0.156. The Hall–Kier alpha value is -2.93. The molecule has 0 heterocycles. The first-order chi connectivity index (χ1) is 19.1. The van der Waals surface area contributed by atoms with Crippen molar-refractivity contribution in [1.29, 1.82) is 0 Å². The van der Waals surface area contributed by atoms with Crippen LogP contribution in [0.4, 0.5) is 5.69 Å². The standard InChI is InChI=1S/C28H30Br2N2O7S/c1-5-31(6-2)40(35,36)25-17-21(13-14-24(25)37-4)39-27-22(29)15-20(16-23(27)30)32(18-26(33)38-7-3)28(34)19-11-9-8-10-12-19/h8-17H,5-7,18H2,1-4H3. The zero-order valence-electron chi connectivity index (χ0n) is 22.5. The molecule has 1 amide bonds. The molecule has 0 radical (unpaired) electrons. The van der Waals surface area contributed by atoms with Crippen LogP contribution in [0.3, 0.4) is 0 Å². The van der Waals surface area contributed by atoms with Crippen molar-refractivity contribution in [1.82, 2.24) is 4.31 Å². The molecule has 0 atom stereocenters. The Morgan fingerprint density at radius 1 is 0.900 bits per heavy atom. The molecule has 0 unspecified atom stereocenters. The Balaban J connectivity index is 2.01. The minimum atomic E-state index is -3.83. The van der Waals surface area contributed by atoms with Crippen LogP contribution in [0.15, 0.2) is 74.5 Å². The predicted octanol–water partition coefficient (Wildman–Crippen LogP) is 6.25. The van der Waals surface area contributed by atoms with Gasteiger partial charge in [-0.3, -0.25) is 14.5 Å². The smallest absolute Gasteiger partial charge is 0.326 e. The highest BCUT2D eigenvalue weighted by Crippen LogP contribution is 2.42. The second-order valence-electron chi connectivity index (χ2n) is 8.30. The van der Waals surface area contributed by atoms with Gasteiger partial charge in [0.05, 0.1) is 22.7 Å². The van der Waals surface area contributed by atoms with E-state index in [1.165, 1.54) is 28.4 Å². The Kier molecular flexibility index (Phi) is 11.1. The lowest BCUT2D eigenvalue weighted by Gasteiger charge is -2.24. The topological polar surface area (TPSA) is 102 Å². The Labute approximate surface area is 251 Å². The van der Waals surface area contributed by atoms with E-state index in [1.807, 2.05) is 0 Å². The van der Waals surface area contributed by atoms with Crippen LogP contribution in [0.25, 0.3) is 0 Å². The van der Waals surface area contributed by atoms with E-state index in [2.05, 4.69) is 31.9 Å². The zero-order chi connectivity index (χ0) is 29.4. The van der Waals surface area contributed by atoms with Crippen LogP contribution in [0.5, 0.6) is 17.2 Å². The Morgan fingerprint density at radius 2 is 1.52 bits per heavy atom. The third kappa shape index (κ3) is 7.22. The number of halogens is 2. The van der Waals surface area contributed by atoms with Crippen LogP contribution < -0.4 is 14.4 Å². The molecule has 0 saturated heterocycles. The maximum Gasteiger partial charge on any atom is 0.326 e. The van der Waals surface area contributed by atoms with Gasteiger partial charge >= 0.3 is 5.97 Å². The van der Waals surface area contributed by atoms with Gasteiger partial charge in [-0.15, -0.1) is 0 Å². The molecule has 3 aromatic carbocycles. The summed E-state index contributed by atoms with van der Waals surface area (Å²) < 4.78 is 45.2. The minimum absolute atomic E-state index is 0.0193. The highest BCUT2D eigenvalue weighted by atomic mass is 79.9. The first-order valence-electron chi connectivity index (χ1n) is 12.4. The molecule has 0 aliphatic carbocycles. The average molecular weight is 698 g/mol. The molecule has 0 bridgehead atoms. The summed E-state index contributed by atoms with van der Waals surface area (Å²) >= 11 is 7.00. The second kappa shape index (κ2) is 14.1. The summed E-state index contributed by atoms with van der Waals surface area (Å²) in [5.41, 5.74) is 0.812. The lowest BCUT2D eigenvalue weighted by molar-refractivity contribution is -0.141. The maximum atomic E-state index is 13.4. The summed E-state index contributed by atoms with van der Waals surface area (Å²) in [6, 6.07) is 16.4. The maximum absolute atomic E-state index is 13.4. The molecule has 0 aromatic heterocycles. The van der Waals surface area contributed by atoms with Crippen LogP contribution in [0.1, 0.15) is 31.1 Å². The summed E-state index contributed by atoms with van der Waals surface area (Å²) in [6.45, 7) is 5.70. The van der Waals surface area contributed by atoms with Crippen LogP contribution in [0, 0.1) is 0 Å². The van der Waals surface area contributed by atoms with Crippen molar-refractivity contribution in [2.45, 2.75) is 25.7 Å². The van der Waals surface area contributed by atoms with E-state index >= 15 is 0 Å². The molecule has 0 aliphatic rings. The summed E-state index contributed by atoms with van der Waals surface area (Å²) in [5, 5.41) is 0. The fraction of sp³-hybridized carbons (Fsp3) is 0.286. The molecule has 9 nitrogen and oxygen atoms in total. The highest BCUT2D eigenvalue weighted by Gasteiger charge is 2.27. The molecule has 0 spiro atoms. The molecule has 3 aromatic rings. The highest BCUT2D eigenvalue weighted by molar-refractivity contribution is 9.11. The molecule has 3 rings (SSSR count). The van der Waals surface area contributed by atoms with Crippen LogP contribution in [-0.4, -0.2) is 58.0 Å². The monoisotopic (exact) mass is 696 g/mol. The van der Waals surface area contributed by atoms with Gasteiger partial charge < -0.3 is 14.2 Å². The third-order valence-electron chi connectivity index (χ3n) is 5.83. The van der Waals surface area contributed by atoms with Crippen molar-refractivity contribution in [2.75, 3.05) is 38.3 Å². The largest absolute Gasteiger partial charge is 0.495 e. The lowest BCUT2D eigenvalue weighted by Crippen LogP contribution is -2.36. The van der Waals surface area contributed by atoms with E-state index in [4.69, 9.17) is 14.2 Å². The van der Waals surface area contributed by atoms with E-state index in [0.29, 0.717) is 39.0 Å². The van der Waals surface area contributed by atoms with Crippen LogP contribution in [-0.2, 0) is 19.6 Å². The van der Waals surface area contributed by atoms with Crippen LogP contribution in [0.2, 0.25) is 0 Å². The van der Waals surface area contributed by atoms with Crippen molar-refractivity contribution in [2.24, 2.45) is 0 Å². The molecule has 12 heteroatoms. The number of hydrogen-bond acceptors (Lipinski definition) is 7. The van der Waals surface area contributed by atoms with Crippen molar-refractivity contribution < 1.29 is 32.2 Å². The number of amides is 1. The minimum Gasteiger partial charge on any atom is -0.495 e. The second-order valence-corrected chi connectivity index (χ2v) is 11.9. The number of anilines is 1. The number of methoxy groups -OCH3 is 1. The molecule has 0 N–H and O–H groups in total. The molecule has 214 valence electrons. The molecular formula is C28H30Br2N2O7S. The summed E-state index contributed by atoms with van der Waals surface area (Å²) in [7, 11) is -2.43. The number of rotatable bonds is 12. The molecule has 40 heavy (non-hydrogen) atoms. The predicted molar refractivity (Wildman–Crippen MR) is 160 cm³/mol. The van der Waals surface area contributed by atoms with E-state index in [-0.39, 0.29) is 35.5 Å². The fourth-order valence-electron chi connectivity index (χ4n) is 3.90. The SMILES string of the molecule is CCOC(=O)CN(C(=O)c1ccccc1)c1cc(Br)c(Oc2ccc(OC)c(S(=O)(=O)N(CC)CC)c2)c(Br)c1. The number of benzene rings is 3. The summed E-state index contributed by atoms with van der Waals surface area (Å²) in [6.07, 6.45) is 0. The van der Waals surface area contributed by atoms with Crippen molar-refractivity contribution in [3.05, 3.63) is 75.2 Å². The number of ether oxygens (including phenoxy) is 3. The molecule has 0 saturated carbocycles. The van der Waals surface area contributed by atoms with Crippen LogP contribution >= 0.6 is 31.9 Å². The third-order valence-corrected chi connectivity index (χ3v) is 9.08. The normalized spacial score (nSPS) is 11.3. The van der Waals surface area contributed by atoms with Crippen molar-refractivity contribution in [3.8, 4) is 17.2 Å². The zero-order valence-corrected chi connectivity index (χ0v) is 26.5. The lowest BCUT2D eigenvalue weighted by atomic mass is 10.1. The van der Waals surface area contributed by atoms with E-state index < -0.39 is 16.0 Å². The number of nitrogens with zero attached hydrogens (tertiary/aromatic N) is 2. The first kappa shape index (κ1) is 31.6. The van der Waals surface area contributed by atoms with E-state index in [9.17, 15) is 18.0 Å². The number of carbonyl (C=O) groups is 2. The molecular weight excluding hydrogens is 668 g/mol. The van der Waals surface area contributed by atoms with E-state index in [1.54, 1.807) is 69.3 Å². The number of carbonyl (C=O) groups excluding carboxylic acids is 2. The quantitative estimate of drug-likeness (QED) is 0.206. The first-order valence-corrected chi connectivity index (χ1v) is 15.5.